The molecule has 0 aromatic heterocycles. The highest BCUT2D eigenvalue weighted by molar-refractivity contribution is 6.39. The topological polar surface area (TPSA) is 89.0 Å². The summed E-state index contributed by atoms with van der Waals surface area (Å²) in [6.45, 7) is 0. The van der Waals surface area contributed by atoms with Gasteiger partial charge in [-0.15, -0.1) is 0 Å². The molecule has 7 nitrogen and oxygen atoms in total. The first-order valence-corrected chi connectivity index (χ1v) is 7.53. The summed E-state index contributed by atoms with van der Waals surface area (Å²) < 4.78 is 10.2. The van der Waals surface area contributed by atoms with Crippen LogP contribution in [0.25, 0.3) is 0 Å². The Morgan fingerprint density at radius 2 is 1.68 bits per heavy atom. The van der Waals surface area contributed by atoms with Crippen molar-refractivity contribution in [3.63, 3.8) is 0 Å². The molecule has 2 N–H and O–H groups in total. The average molecular weight is 362 g/mol. The van der Waals surface area contributed by atoms with E-state index in [-0.39, 0.29) is 0 Å². The van der Waals surface area contributed by atoms with Gasteiger partial charge in [0.25, 0.3) is 0 Å². The molecule has 8 heteroatoms. The molecule has 0 saturated heterocycles. The molecule has 0 aliphatic carbocycles. The van der Waals surface area contributed by atoms with Crippen LogP contribution in [0, 0.1) is 0 Å². The van der Waals surface area contributed by atoms with Crippen LogP contribution in [-0.2, 0) is 9.59 Å². The number of hydrazone groups is 1. The number of rotatable bonds is 5. The van der Waals surface area contributed by atoms with E-state index in [2.05, 4.69) is 15.8 Å². The number of hydrogen-bond acceptors (Lipinski definition) is 5. The molecule has 0 aliphatic rings. The van der Waals surface area contributed by atoms with Crippen LogP contribution in [0.1, 0.15) is 5.56 Å². The molecule has 2 rings (SSSR count). The molecule has 25 heavy (non-hydrogen) atoms. The molecular formula is C17H16ClN3O4. The first-order valence-electron chi connectivity index (χ1n) is 7.15. The quantitative estimate of drug-likeness (QED) is 0.486. The van der Waals surface area contributed by atoms with Crippen LogP contribution >= 0.6 is 11.6 Å². The third kappa shape index (κ3) is 5.22. The predicted octanol–water partition coefficient (Wildman–Crippen LogP) is 2.45. The molecule has 0 atom stereocenters. The average Bonchev–Trinajstić information content (AvgIpc) is 2.63. The summed E-state index contributed by atoms with van der Waals surface area (Å²) in [6.07, 6.45) is 1.40. The maximum absolute atomic E-state index is 11.9. The van der Waals surface area contributed by atoms with Crippen molar-refractivity contribution in [2.24, 2.45) is 5.10 Å². The van der Waals surface area contributed by atoms with Crippen molar-refractivity contribution in [1.29, 1.82) is 0 Å². The third-order valence-electron chi connectivity index (χ3n) is 3.10. The van der Waals surface area contributed by atoms with Crippen LogP contribution in [0.15, 0.2) is 47.6 Å². The predicted molar refractivity (Wildman–Crippen MR) is 95.4 cm³/mol. The van der Waals surface area contributed by atoms with Gasteiger partial charge in [-0.2, -0.15) is 5.10 Å². The van der Waals surface area contributed by atoms with E-state index in [0.29, 0.717) is 22.2 Å². The summed E-state index contributed by atoms with van der Waals surface area (Å²) in [5.74, 6) is -0.820. The maximum Gasteiger partial charge on any atom is 0.329 e. The van der Waals surface area contributed by atoms with E-state index in [4.69, 9.17) is 21.1 Å². The number of anilines is 1. The van der Waals surface area contributed by atoms with Crippen molar-refractivity contribution in [2.45, 2.75) is 0 Å². The zero-order valence-electron chi connectivity index (χ0n) is 13.6. The smallest absolute Gasteiger partial charge is 0.329 e. The van der Waals surface area contributed by atoms with Gasteiger partial charge in [-0.1, -0.05) is 23.7 Å². The van der Waals surface area contributed by atoms with Gasteiger partial charge in [0.15, 0.2) is 11.5 Å². The molecular weight excluding hydrogens is 346 g/mol. The lowest BCUT2D eigenvalue weighted by molar-refractivity contribution is -0.136. The zero-order chi connectivity index (χ0) is 18.2. The Hall–Kier alpha value is -3.06. The largest absolute Gasteiger partial charge is 0.493 e. The number of amides is 2. The third-order valence-corrected chi connectivity index (χ3v) is 3.35. The fourth-order valence-electron chi connectivity index (χ4n) is 1.87. The van der Waals surface area contributed by atoms with Gasteiger partial charge < -0.3 is 14.8 Å². The molecule has 0 bridgehead atoms. The van der Waals surface area contributed by atoms with Crippen molar-refractivity contribution in [1.82, 2.24) is 5.43 Å². The zero-order valence-corrected chi connectivity index (χ0v) is 14.3. The summed E-state index contributed by atoms with van der Waals surface area (Å²) >= 11 is 5.77. The number of nitrogens with one attached hydrogen (secondary N) is 2. The van der Waals surface area contributed by atoms with Gasteiger partial charge in [0, 0.05) is 16.8 Å². The van der Waals surface area contributed by atoms with Crippen LogP contribution in [0.2, 0.25) is 5.02 Å². The number of methoxy groups -OCH3 is 2. The number of hydrogen-bond donors (Lipinski definition) is 2. The molecule has 2 aromatic rings. The Morgan fingerprint density at radius 3 is 2.32 bits per heavy atom. The van der Waals surface area contributed by atoms with Crippen LogP contribution in [-0.4, -0.2) is 32.2 Å². The summed E-state index contributed by atoms with van der Waals surface area (Å²) in [4.78, 5) is 23.6. The fourth-order valence-corrected chi connectivity index (χ4v) is 1.99. The number of carbonyl (C=O) groups excluding carboxylic acids is 2. The lowest BCUT2D eigenvalue weighted by Crippen LogP contribution is -2.32. The second-order valence-electron chi connectivity index (χ2n) is 4.77. The van der Waals surface area contributed by atoms with Crippen molar-refractivity contribution in [3.05, 3.63) is 53.1 Å². The summed E-state index contributed by atoms with van der Waals surface area (Å²) in [5.41, 5.74) is 3.26. The number of halogens is 1. The minimum absolute atomic E-state index is 0.388. The Bertz CT molecular complexity index is 791. The number of benzene rings is 2. The number of carbonyl (C=O) groups is 2. The highest BCUT2D eigenvalue weighted by Gasteiger charge is 2.14. The fraction of sp³-hybridized carbons (Fsp3) is 0.118. The summed E-state index contributed by atoms with van der Waals surface area (Å²) in [5, 5.41) is 6.76. The second kappa shape index (κ2) is 8.70. The maximum atomic E-state index is 11.9. The highest BCUT2D eigenvalue weighted by atomic mass is 35.5. The van der Waals surface area contributed by atoms with Crippen LogP contribution in [0.3, 0.4) is 0 Å². The van der Waals surface area contributed by atoms with Crippen LogP contribution < -0.4 is 20.2 Å². The second-order valence-corrected chi connectivity index (χ2v) is 5.21. The highest BCUT2D eigenvalue weighted by Crippen LogP contribution is 2.29. The molecule has 2 amide bonds. The summed E-state index contributed by atoms with van der Waals surface area (Å²) in [7, 11) is 2.98. The van der Waals surface area contributed by atoms with E-state index in [1.165, 1.54) is 20.4 Å². The minimum atomic E-state index is -0.903. The molecule has 0 saturated carbocycles. The molecule has 2 aromatic carbocycles. The molecule has 0 aliphatic heterocycles. The molecule has 0 fully saturated rings. The first kappa shape index (κ1) is 18.3. The number of nitrogens with zero attached hydrogens (tertiary/aromatic N) is 1. The van der Waals surface area contributed by atoms with Crippen LogP contribution in [0.4, 0.5) is 5.69 Å². The van der Waals surface area contributed by atoms with Gasteiger partial charge in [0.2, 0.25) is 0 Å². The van der Waals surface area contributed by atoms with Crippen molar-refractivity contribution < 1.29 is 19.1 Å². The first-order chi connectivity index (χ1) is 12.0. The van der Waals surface area contributed by atoms with Crippen molar-refractivity contribution >= 4 is 35.3 Å². The van der Waals surface area contributed by atoms with E-state index in [9.17, 15) is 9.59 Å². The molecule has 0 spiro atoms. The van der Waals surface area contributed by atoms with E-state index < -0.39 is 11.8 Å². The van der Waals surface area contributed by atoms with Gasteiger partial charge in [-0.25, -0.2) is 5.43 Å². The Balaban J connectivity index is 1.94. The van der Waals surface area contributed by atoms with Crippen molar-refractivity contribution in [3.8, 4) is 11.5 Å². The normalized spacial score (nSPS) is 10.4. The van der Waals surface area contributed by atoms with E-state index in [1.807, 2.05) is 0 Å². The minimum Gasteiger partial charge on any atom is -0.493 e. The standard InChI is InChI=1S/C17H16ClN3O4/c1-24-14-8-7-13(9-15(14)25-2)20-16(22)17(23)21-19-10-11-3-5-12(18)6-4-11/h3-10H,1-2H3,(H,20,22)(H,21,23)/b19-10-. The van der Waals surface area contributed by atoms with E-state index in [1.54, 1.807) is 42.5 Å². The lowest BCUT2D eigenvalue weighted by Gasteiger charge is -2.10. The Kier molecular flexibility index (Phi) is 6.36. The van der Waals surface area contributed by atoms with E-state index >= 15 is 0 Å². The van der Waals surface area contributed by atoms with Gasteiger partial charge in [-0.05, 0) is 29.8 Å². The van der Waals surface area contributed by atoms with Gasteiger partial charge in [0.05, 0.1) is 20.4 Å². The van der Waals surface area contributed by atoms with Crippen molar-refractivity contribution in [2.75, 3.05) is 19.5 Å². The van der Waals surface area contributed by atoms with Gasteiger partial charge in [0.1, 0.15) is 0 Å². The number of ether oxygens (including phenoxy) is 2. The SMILES string of the molecule is COc1ccc(NC(=O)C(=O)N/N=C\c2ccc(Cl)cc2)cc1OC. The van der Waals surface area contributed by atoms with Gasteiger partial charge >= 0.3 is 11.8 Å². The van der Waals surface area contributed by atoms with E-state index in [0.717, 1.165) is 5.56 Å². The molecule has 0 unspecified atom stereocenters. The molecule has 130 valence electrons. The van der Waals surface area contributed by atoms with Crippen LogP contribution in [0.5, 0.6) is 11.5 Å². The molecule has 0 heterocycles. The Labute approximate surface area is 149 Å². The van der Waals surface area contributed by atoms with Gasteiger partial charge in [-0.3, -0.25) is 9.59 Å². The lowest BCUT2D eigenvalue weighted by atomic mass is 10.2. The Morgan fingerprint density at radius 1 is 1.00 bits per heavy atom. The summed E-state index contributed by atoms with van der Waals surface area (Å²) in [6, 6.07) is 11.6. The monoisotopic (exact) mass is 361 g/mol. The molecule has 0 radical (unpaired) electrons.